The minimum absolute atomic E-state index is 0.124. The topological polar surface area (TPSA) is 91.7 Å². The third-order valence-corrected chi connectivity index (χ3v) is 2.13. The van der Waals surface area contributed by atoms with E-state index in [2.05, 4.69) is 9.97 Å². The highest BCUT2D eigenvalue weighted by atomic mass is 16.1. The van der Waals surface area contributed by atoms with Crippen LogP contribution in [0.25, 0.3) is 0 Å². The van der Waals surface area contributed by atoms with Crippen LogP contribution >= 0.6 is 0 Å². The number of aromatic amines is 2. The Hall–Kier alpha value is -1.36. The average Bonchev–Trinajstić information content (AvgIpc) is 2.47. The number of aromatic nitrogens is 2. The van der Waals surface area contributed by atoms with Crippen LogP contribution < -0.4 is 11.4 Å². The third-order valence-electron chi connectivity index (χ3n) is 2.13. The largest absolute Gasteiger partial charge is 0.330 e. The summed E-state index contributed by atoms with van der Waals surface area (Å²) in [5.74, 6) is -0.124. The van der Waals surface area contributed by atoms with E-state index in [-0.39, 0.29) is 29.9 Å². The predicted molar refractivity (Wildman–Crippen MR) is 58.1 cm³/mol. The zero-order valence-electron chi connectivity index (χ0n) is 9.31. The molecule has 0 aromatic carbocycles. The van der Waals surface area contributed by atoms with Crippen molar-refractivity contribution >= 4 is 5.78 Å². The van der Waals surface area contributed by atoms with Crippen LogP contribution in [0, 0.1) is 0 Å². The van der Waals surface area contributed by atoms with Gasteiger partial charge in [-0.25, -0.2) is 4.79 Å². The number of ketones is 1. The molecule has 0 bridgehead atoms. The van der Waals surface area contributed by atoms with Crippen molar-refractivity contribution in [2.45, 2.75) is 32.6 Å². The van der Waals surface area contributed by atoms with Gasteiger partial charge in [0.1, 0.15) is 5.69 Å². The molecule has 1 aromatic heterocycles. The molecule has 0 atom stereocenters. The number of hydrogen-bond acceptors (Lipinski definition) is 3. The lowest BCUT2D eigenvalue weighted by molar-refractivity contribution is 0.0978. The molecule has 4 N–H and O–H groups in total. The SMILES string of the molecule is CC(C)(C)c1[nH]c(=O)[nH]c1C(=O)CCN. The van der Waals surface area contributed by atoms with Crippen molar-refractivity contribution in [2.24, 2.45) is 5.73 Å². The maximum atomic E-state index is 11.7. The first-order valence-electron chi connectivity index (χ1n) is 4.92. The van der Waals surface area contributed by atoms with Gasteiger partial charge in [-0.1, -0.05) is 20.8 Å². The molecule has 0 unspecified atom stereocenters. The van der Waals surface area contributed by atoms with Crippen LogP contribution in [0.2, 0.25) is 0 Å². The zero-order chi connectivity index (χ0) is 11.6. The Morgan fingerprint density at radius 2 is 1.93 bits per heavy atom. The summed E-state index contributed by atoms with van der Waals surface area (Å²) < 4.78 is 0. The lowest BCUT2D eigenvalue weighted by atomic mass is 9.89. The Balaban J connectivity index is 3.18. The molecule has 84 valence electrons. The van der Waals surface area contributed by atoms with E-state index >= 15 is 0 Å². The molecular weight excluding hydrogens is 194 g/mol. The monoisotopic (exact) mass is 211 g/mol. The number of nitrogens with two attached hydrogens (primary N) is 1. The Bertz CT molecular complexity index is 409. The van der Waals surface area contributed by atoms with E-state index in [1.54, 1.807) is 0 Å². The summed E-state index contributed by atoms with van der Waals surface area (Å²) in [7, 11) is 0. The average molecular weight is 211 g/mol. The molecule has 0 saturated heterocycles. The van der Waals surface area contributed by atoms with Gasteiger partial charge in [-0.2, -0.15) is 0 Å². The van der Waals surface area contributed by atoms with Crippen LogP contribution in [-0.4, -0.2) is 22.3 Å². The van der Waals surface area contributed by atoms with Gasteiger partial charge in [-0.3, -0.25) is 4.79 Å². The van der Waals surface area contributed by atoms with E-state index in [9.17, 15) is 9.59 Å². The number of carbonyl (C=O) groups excluding carboxylic acids is 1. The molecule has 0 aliphatic rings. The van der Waals surface area contributed by atoms with Gasteiger partial charge in [-0.15, -0.1) is 0 Å². The molecule has 1 heterocycles. The molecule has 0 spiro atoms. The fraction of sp³-hybridized carbons (Fsp3) is 0.600. The lowest BCUT2D eigenvalue weighted by Crippen LogP contribution is -2.18. The zero-order valence-corrected chi connectivity index (χ0v) is 9.31. The van der Waals surface area contributed by atoms with Gasteiger partial charge in [0.15, 0.2) is 5.78 Å². The molecular formula is C10H17N3O2. The first-order valence-corrected chi connectivity index (χ1v) is 4.92. The van der Waals surface area contributed by atoms with Crippen molar-refractivity contribution < 1.29 is 4.79 Å². The van der Waals surface area contributed by atoms with Crippen LogP contribution in [0.4, 0.5) is 0 Å². The van der Waals surface area contributed by atoms with Crippen molar-refractivity contribution in [3.8, 4) is 0 Å². The number of H-pyrrole nitrogens is 2. The number of imidazole rings is 1. The maximum absolute atomic E-state index is 11.7. The molecule has 1 rings (SSSR count). The molecule has 0 saturated carbocycles. The van der Waals surface area contributed by atoms with E-state index in [1.165, 1.54) is 0 Å². The van der Waals surface area contributed by atoms with Gasteiger partial charge < -0.3 is 15.7 Å². The second-order valence-electron chi connectivity index (χ2n) is 4.54. The van der Waals surface area contributed by atoms with E-state index in [0.29, 0.717) is 11.4 Å². The minimum Gasteiger partial charge on any atom is -0.330 e. The number of Topliss-reactive ketones (excluding diaryl/α,β-unsaturated/α-hetero) is 1. The molecule has 0 aliphatic heterocycles. The van der Waals surface area contributed by atoms with Gasteiger partial charge in [0.2, 0.25) is 0 Å². The lowest BCUT2D eigenvalue weighted by Gasteiger charge is -2.17. The molecule has 15 heavy (non-hydrogen) atoms. The molecule has 0 fully saturated rings. The van der Waals surface area contributed by atoms with Crippen molar-refractivity contribution in [1.82, 2.24) is 9.97 Å². The van der Waals surface area contributed by atoms with Crippen molar-refractivity contribution in [1.29, 1.82) is 0 Å². The van der Waals surface area contributed by atoms with E-state index < -0.39 is 0 Å². The molecule has 0 radical (unpaired) electrons. The van der Waals surface area contributed by atoms with Crippen LogP contribution in [0.3, 0.4) is 0 Å². The normalized spacial score (nSPS) is 11.7. The molecule has 0 aliphatic carbocycles. The second-order valence-corrected chi connectivity index (χ2v) is 4.54. The smallest absolute Gasteiger partial charge is 0.323 e. The molecule has 5 nitrogen and oxygen atoms in total. The van der Waals surface area contributed by atoms with Gasteiger partial charge >= 0.3 is 5.69 Å². The molecule has 0 amide bonds. The van der Waals surface area contributed by atoms with Crippen molar-refractivity contribution in [3.05, 3.63) is 21.9 Å². The summed E-state index contributed by atoms with van der Waals surface area (Å²) >= 11 is 0. The highest BCUT2D eigenvalue weighted by molar-refractivity contribution is 5.95. The van der Waals surface area contributed by atoms with Gasteiger partial charge in [-0.05, 0) is 6.54 Å². The fourth-order valence-corrected chi connectivity index (χ4v) is 1.41. The van der Waals surface area contributed by atoms with E-state index in [0.717, 1.165) is 0 Å². The summed E-state index contributed by atoms with van der Waals surface area (Å²) in [6.07, 6.45) is 0.247. The highest BCUT2D eigenvalue weighted by Crippen LogP contribution is 2.22. The van der Waals surface area contributed by atoms with Gasteiger partial charge in [0.25, 0.3) is 0 Å². The summed E-state index contributed by atoms with van der Waals surface area (Å²) in [5.41, 5.74) is 5.70. The van der Waals surface area contributed by atoms with Crippen LogP contribution in [-0.2, 0) is 5.41 Å². The minimum atomic E-state index is -0.347. The standard InChI is InChI=1S/C10H17N3O2/c1-10(2,3)8-7(6(14)4-5-11)12-9(15)13-8/h4-5,11H2,1-3H3,(H2,12,13,15). The van der Waals surface area contributed by atoms with Crippen molar-refractivity contribution in [3.63, 3.8) is 0 Å². The Morgan fingerprint density at radius 1 is 1.33 bits per heavy atom. The summed E-state index contributed by atoms with van der Waals surface area (Å²) in [4.78, 5) is 28.0. The van der Waals surface area contributed by atoms with Crippen LogP contribution in [0.5, 0.6) is 0 Å². The highest BCUT2D eigenvalue weighted by Gasteiger charge is 2.24. The van der Waals surface area contributed by atoms with Crippen LogP contribution in [0.1, 0.15) is 43.4 Å². The fourth-order valence-electron chi connectivity index (χ4n) is 1.41. The van der Waals surface area contributed by atoms with Crippen molar-refractivity contribution in [2.75, 3.05) is 6.54 Å². The maximum Gasteiger partial charge on any atom is 0.323 e. The third kappa shape index (κ3) is 2.56. The van der Waals surface area contributed by atoms with Gasteiger partial charge in [0.05, 0.1) is 5.69 Å². The first kappa shape index (κ1) is 11.7. The number of hydrogen-bond donors (Lipinski definition) is 3. The Kier molecular flexibility index (Phi) is 3.14. The van der Waals surface area contributed by atoms with E-state index in [1.807, 2.05) is 20.8 Å². The number of nitrogens with one attached hydrogen (secondary N) is 2. The second kappa shape index (κ2) is 4.02. The quantitative estimate of drug-likeness (QED) is 0.637. The van der Waals surface area contributed by atoms with E-state index in [4.69, 9.17) is 5.73 Å². The van der Waals surface area contributed by atoms with Crippen LogP contribution in [0.15, 0.2) is 4.79 Å². The number of carbonyl (C=O) groups is 1. The van der Waals surface area contributed by atoms with Gasteiger partial charge in [0, 0.05) is 11.8 Å². The Labute approximate surface area is 88.1 Å². The number of rotatable bonds is 3. The summed E-state index contributed by atoms with van der Waals surface area (Å²) in [6.45, 7) is 6.09. The summed E-state index contributed by atoms with van der Waals surface area (Å²) in [5, 5.41) is 0. The summed E-state index contributed by atoms with van der Waals surface area (Å²) in [6, 6.07) is 0. The Morgan fingerprint density at radius 3 is 2.40 bits per heavy atom. The first-order chi connectivity index (χ1) is 6.86. The predicted octanol–water partition coefficient (Wildman–Crippen LogP) is 0.532. The molecule has 1 aromatic rings. The molecule has 5 heteroatoms.